The molecule has 0 spiro atoms. The van der Waals surface area contributed by atoms with Crippen molar-refractivity contribution in [3.8, 4) is 17.4 Å². The Bertz CT molecular complexity index is 1600. The maximum Gasteiger partial charge on any atom is 0.404 e. The highest BCUT2D eigenvalue weighted by Crippen LogP contribution is 2.54. The third-order valence-corrected chi connectivity index (χ3v) is 9.63. The second kappa shape index (κ2) is 11.8. The topological polar surface area (TPSA) is 110 Å². The SMILES string of the molecule is Cc1cc(C)c(CN2CCc3c(Cl)c4c(c(C)c3C2=O)OC(C)(C2CCC(NC(=O)O)CC2)O4)c(OCc2ccccc2)n1. The van der Waals surface area contributed by atoms with E-state index in [0.717, 1.165) is 46.4 Å². The van der Waals surface area contributed by atoms with Gasteiger partial charge in [-0.2, -0.15) is 0 Å². The smallest absolute Gasteiger partial charge is 0.404 e. The van der Waals surface area contributed by atoms with E-state index in [1.54, 1.807) is 0 Å². The van der Waals surface area contributed by atoms with Gasteiger partial charge in [0.1, 0.15) is 6.61 Å². The zero-order valence-electron chi connectivity index (χ0n) is 25.5. The molecule has 2 aliphatic heterocycles. The molecule has 3 aromatic rings. The molecule has 6 rings (SSSR count). The number of hydrogen-bond acceptors (Lipinski definition) is 6. The number of amides is 2. The van der Waals surface area contributed by atoms with E-state index in [9.17, 15) is 9.59 Å². The molecule has 0 saturated heterocycles. The molecule has 1 aromatic heterocycles. The Morgan fingerprint density at radius 3 is 2.55 bits per heavy atom. The quantitative estimate of drug-likeness (QED) is 0.301. The number of hydrogen-bond donors (Lipinski definition) is 2. The molecule has 232 valence electrons. The van der Waals surface area contributed by atoms with Crippen LogP contribution in [0.3, 0.4) is 0 Å². The van der Waals surface area contributed by atoms with Crippen molar-refractivity contribution < 1.29 is 28.9 Å². The summed E-state index contributed by atoms with van der Waals surface area (Å²) in [6.07, 6.45) is 2.48. The zero-order valence-corrected chi connectivity index (χ0v) is 26.3. The van der Waals surface area contributed by atoms with E-state index in [0.29, 0.717) is 66.9 Å². The number of pyridine rings is 1. The Morgan fingerprint density at radius 2 is 1.84 bits per heavy atom. The summed E-state index contributed by atoms with van der Waals surface area (Å²) >= 11 is 6.95. The summed E-state index contributed by atoms with van der Waals surface area (Å²) in [4.78, 5) is 31.7. The molecule has 2 aromatic carbocycles. The average Bonchev–Trinajstić information content (AvgIpc) is 3.37. The molecule has 1 saturated carbocycles. The molecule has 2 N–H and O–H groups in total. The van der Waals surface area contributed by atoms with Crippen LogP contribution in [0, 0.1) is 26.7 Å². The highest BCUT2D eigenvalue weighted by molar-refractivity contribution is 6.34. The molecule has 44 heavy (non-hydrogen) atoms. The van der Waals surface area contributed by atoms with Crippen LogP contribution >= 0.6 is 11.6 Å². The van der Waals surface area contributed by atoms with Crippen LogP contribution in [-0.2, 0) is 19.6 Å². The van der Waals surface area contributed by atoms with Crippen LogP contribution in [0.2, 0.25) is 5.02 Å². The van der Waals surface area contributed by atoms with Crippen molar-refractivity contribution in [1.82, 2.24) is 15.2 Å². The molecule has 1 aliphatic carbocycles. The third-order valence-electron chi connectivity index (χ3n) is 9.23. The molecule has 9 nitrogen and oxygen atoms in total. The first kappa shape index (κ1) is 30.1. The van der Waals surface area contributed by atoms with Crippen molar-refractivity contribution in [3.63, 3.8) is 0 Å². The third kappa shape index (κ3) is 5.65. The maximum absolute atomic E-state index is 14.1. The first-order chi connectivity index (χ1) is 21.0. The molecule has 0 bridgehead atoms. The van der Waals surface area contributed by atoms with Gasteiger partial charge in [-0.3, -0.25) is 4.79 Å². The summed E-state index contributed by atoms with van der Waals surface area (Å²) in [5.74, 6) is 0.528. The van der Waals surface area contributed by atoms with Crippen LogP contribution in [0.25, 0.3) is 0 Å². The van der Waals surface area contributed by atoms with Crippen LogP contribution < -0.4 is 19.5 Å². The minimum atomic E-state index is -1.00. The Balaban J connectivity index is 1.23. The Morgan fingerprint density at radius 1 is 1.14 bits per heavy atom. The lowest BCUT2D eigenvalue weighted by molar-refractivity contribution is -0.121. The van der Waals surface area contributed by atoms with Crippen molar-refractivity contribution >= 4 is 23.6 Å². The average molecular weight is 620 g/mol. The first-order valence-corrected chi connectivity index (χ1v) is 15.6. The summed E-state index contributed by atoms with van der Waals surface area (Å²) in [5.41, 5.74) is 5.86. The number of carbonyl (C=O) groups excluding carboxylic acids is 1. The van der Waals surface area contributed by atoms with E-state index in [1.807, 2.05) is 69.0 Å². The van der Waals surface area contributed by atoms with Gasteiger partial charge >= 0.3 is 6.09 Å². The van der Waals surface area contributed by atoms with Crippen molar-refractivity contribution in [2.24, 2.45) is 5.92 Å². The number of aromatic nitrogens is 1. The number of rotatable bonds is 7. The number of ether oxygens (including phenoxy) is 3. The van der Waals surface area contributed by atoms with E-state index < -0.39 is 11.9 Å². The first-order valence-electron chi connectivity index (χ1n) is 15.2. The standard InChI is InChI=1S/C34H38ClN3O6/c1-19-16-20(2)36-31(42-18-22-8-6-5-7-9-22)26(19)17-38-15-14-25-27(32(38)39)21(3)29-30(28(25)35)44-34(4,43-29)23-10-12-24(13-11-23)37-33(40)41/h5-9,16,23-24,37H,10-15,17-18H2,1-4H3,(H,40,41). The summed E-state index contributed by atoms with van der Waals surface area (Å²) in [7, 11) is 0. The van der Waals surface area contributed by atoms with Gasteiger partial charge in [-0.15, -0.1) is 0 Å². The molecule has 3 aliphatic rings. The normalized spacial score (nSPS) is 22.5. The highest BCUT2D eigenvalue weighted by atomic mass is 35.5. The molecule has 2 amide bonds. The van der Waals surface area contributed by atoms with E-state index in [1.165, 1.54) is 0 Å². The van der Waals surface area contributed by atoms with E-state index in [4.69, 9.17) is 35.9 Å². The largest absolute Gasteiger partial charge is 0.473 e. The molecular formula is C34H38ClN3O6. The fourth-order valence-corrected chi connectivity index (χ4v) is 7.15. The molecule has 1 atom stereocenters. The van der Waals surface area contributed by atoms with Crippen LogP contribution in [0.1, 0.15) is 76.5 Å². The number of carbonyl (C=O) groups is 2. The maximum atomic E-state index is 14.1. The molecule has 0 radical (unpaired) electrons. The number of nitrogens with zero attached hydrogens (tertiary/aromatic N) is 2. The predicted octanol–water partition coefficient (Wildman–Crippen LogP) is 6.75. The van der Waals surface area contributed by atoms with Gasteiger partial charge in [0.2, 0.25) is 5.88 Å². The van der Waals surface area contributed by atoms with Crippen LogP contribution in [0.4, 0.5) is 4.79 Å². The fourth-order valence-electron chi connectivity index (χ4n) is 6.84. The van der Waals surface area contributed by atoms with Crippen LogP contribution in [0.5, 0.6) is 17.4 Å². The van der Waals surface area contributed by atoms with Crippen LogP contribution in [-0.4, -0.2) is 45.4 Å². The van der Waals surface area contributed by atoms with Gasteiger partial charge in [0.25, 0.3) is 11.7 Å². The lowest BCUT2D eigenvalue weighted by Gasteiger charge is -2.37. The summed E-state index contributed by atoms with van der Waals surface area (Å²) in [6, 6.07) is 11.9. The number of carboxylic acid groups (broad SMARTS) is 1. The minimum Gasteiger partial charge on any atom is -0.473 e. The van der Waals surface area contributed by atoms with Gasteiger partial charge in [0.05, 0.1) is 17.1 Å². The molecule has 1 fully saturated rings. The summed E-state index contributed by atoms with van der Waals surface area (Å²) < 4.78 is 19.2. The number of benzene rings is 2. The number of halogens is 1. The number of fused-ring (bicyclic) bond motifs is 2. The number of nitrogens with one attached hydrogen (secondary N) is 1. The lowest BCUT2D eigenvalue weighted by atomic mass is 9.81. The monoisotopic (exact) mass is 619 g/mol. The molecule has 10 heteroatoms. The van der Waals surface area contributed by atoms with Gasteiger partial charge in [-0.05, 0) is 75.6 Å². The molecule has 3 heterocycles. The van der Waals surface area contributed by atoms with Gasteiger partial charge in [0, 0.05) is 42.2 Å². The van der Waals surface area contributed by atoms with E-state index >= 15 is 0 Å². The molecule has 1 unspecified atom stereocenters. The Hall–Kier alpha value is -3.98. The van der Waals surface area contributed by atoms with E-state index in [-0.39, 0.29) is 17.9 Å². The van der Waals surface area contributed by atoms with E-state index in [2.05, 4.69) is 5.32 Å². The highest BCUT2D eigenvalue weighted by Gasteiger charge is 2.48. The van der Waals surface area contributed by atoms with Crippen molar-refractivity contribution in [2.75, 3.05) is 6.54 Å². The minimum absolute atomic E-state index is 0.0489. The van der Waals surface area contributed by atoms with Gasteiger partial charge in [-0.25, -0.2) is 9.78 Å². The predicted molar refractivity (Wildman–Crippen MR) is 166 cm³/mol. The van der Waals surface area contributed by atoms with Crippen molar-refractivity contribution in [2.45, 2.75) is 84.8 Å². The zero-order chi connectivity index (χ0) is 31.2. The Kier molecular flexibility index (Phi) is 8.09. The van der Waals surface area contributed by atoms with Gasteiger partial charge < -0.3 is 29.5 Å². The Labute approximate surface area is 262 Å². The number of aryl methyl sites for hydroxylation is 2. The summed E-state index contributed by atoms with van der Waals surface area (Å²) in [5, 5.41) is 12.1. The summed E-state index contributed by atoms with van der Waals surface area (Å²) in [6.45, 7) is 9.01. The second-order valence-electron chi connectivity index (χ2n) is 12.3. The van der Waals surface area contributed by atoms with Crippen LogP contribution in [0.15, 0.2) is 36.4 Å². The van der Waals surface area contributed by atoms with Crippen molar-refractivity contribution in [3.05, 3.63) is 80.5 Å². The van der Waals surface area contributed by atoms with Gasteiger partial charge in [0.15, 0.2) is 11.5 Å². The van der Waals surface area contributed by atoms with Gasteiger partial charge in [-0.1, -0.05) is 41.9 Å². The lowest BCUT2D eigenvalue weighted by Crippen LogP contribution is -2.47. The van der Waals surface area contributed by atoms with Crippen molar-refractivity contribution in [1.29, 1.82) is 0 Å². The second-order valence-corrected chi connectivity index (χ2v) is 12.7. The fraction of sp³-hybridized carbons (Fsp3) is 0.441. The molecular weight excluding hydrogens is 582 g/mol.